The molecule has 6 nitrogen and oxygen atoms in total. The van der Waals surface area contributed by atoms with Gasteiger partial charge in [-0.05, 0) is 13.3 Å². The van der Waals surface area contributed by atoms with Crippen molar-refractivity contribution in [3.05, 3.63) is 11.6 Å². The van der Waals surface area contributed by atoms with Gasteiger partial charge in [0.05, 0.1) is 5.75 Å². The maximum atomic E-state index is 10.2. The van der Waals surface area contributed by atoms with E-state index in [1.54, 1.807) is 0 Å². The maximum absolute atomic E-state index is 10.2. The Hall–Kier alpha value is -0.920. The van der Waals surface area contributed by atoms with Crippen LogP contribution >= 0.6 is 0 Å². The minimum Gasteiger partial charge on any atom is -0.478 e. The first kappa shape index (κ1) is 14.6. The molecule has 0 unspecified atom stereocenters. The molecule has 0 radical (unpaired) electrons. The molecule has 0 aromatic carbocycles. The summed E-state index contributed by atoms with van der Waals surface area (Å²) in [5, 5.41) is 8.33. The third kappa shape index (κ3) is 8.99. The van der Waals surface area contributed by atoms with E-state index in [0.29, 0.717) is 0 Å². The molecule has 13 heavy (non-hydrogen) atoms. The van der Waals surface area contributed by atoms with Crippen molar-refractivity contribution in [1.29, 1.82) is 0 Å². The Labute approximate surface area is 76.6 Å². The molecule has 7 heteroatoms. The number of rotatable bonds is 4. The second kappa shape index (κ2) is 5.68. The fourth-order valence-electron chi connectivity index (χ4n) is 0.512. The normalized spacial score (nSPS) is 12.0. The summed E-state index contributed by atoms with van der Waals surface area (Å²) in [6.07, 6.45) is 1.26. The second-order valence-electron chi connectivity index (χ2n) is 2.27. The van der Waals surface area contributed by atoms with Crippen LogP contribution in [0.4, 0.5) is 0 Å². The van der Waals surface area contributed by atoms with Crippen LogP contribution in [0, 0.1) is 0 Å². The van der Waals surface area contributed by atoms with E-state index in [0.717, 1.165) is 0 Å². The Bertz CT molecular complexity index is 292. The number of carboxylic acids is 1. The van der Waals surface area contributed by atoms with Crippen LogP contribution in [0.15, 0.2) is 11.6 Å². The molecule has 0 saturated heterocycles. The molecule has 0 aliphatic heterocycles. The number of hydrogen-bond acceptors (Lipinski definition) is 4. The Morgan fingerprint density at radius 1 is 1.46 bits per heavy atom. The molecule has 0 aromatic rings. The minimum absolute atomic E-state index is 0. The molecule has 0 saturated carbocycles. The van der Waals surface area contributed by atoms with E-state index < -0.39 is 21.8 Å². The number of carbonyl (C=O) groups is 1. The minimum atomic E-state index is -3.98. The standard InChI is InChI=1S/C6H10O5S.H3N/c1-5(6(7)8)3-2-4-12(9,10)11;/h3H,2,4H2,1H3,(H,7,8)(H,9,10,11);1H3/b5-3+;. The average Bonchev–Trinajstić information content (AvgIpc) is 1.84. The van der Waals surface area contributed by atoms with E-state index in [1.165, 1.54) is 13.0 Å². The molecule has 0 aliphatic carbocycles. The lowest BCUT2D eigenvalue weighted by Crippen LogP contribution is -2.03. The van der Waals surface area contributed by atoms with Gasteiger partial charge in [0.1, 0.15) is 0 Å². The molecule has 0 atom stereocenters. The smallest absolute Gasteiger partial charge is 0.330 e. The van der Waals surface area contributed by atoms with Crippen molar-refractivity contribution in [3.8, 4) is 0 Å². The summed E-state index contributed by atoms with van der Waals surface area (Å²) in [6, 6.07) is 0. The van der Waals surface area contributed by atoms with Crippen molar-refractivity contribution in [2.45, 2.75) is 13.3 Å². The molecule has 0 bridgehead atoms. The van der Waals surface area contributed by atoms with Gasteiger partial charge in [-0.1, -0.05) is 6.08 Å². The summed E-state index contributed by atoms with van der Waals surface area (Å²) in [5.74, 6) is -1.54. The highest BCUT2D eigenvalue weighted by Gasteiger charge is 2.03. The zero-order valence-corrected chi connectivity index (χ0v) is 8.04. The van der Waals surface area contributed by atoms with Crippen LogP contribution in [-0.2, 0) is 14.9 Å². The van der Waals surface area contributed by atoms with Crippen molar-refractivity contribution in [2.75, 3.05) is 5.75 Å². The molecular formula is C6H13NO5S. The highest BCUT2D eigenvalue weighted by atomic mass is 32.2. The van der Waals surface area contributed by atoms with Crippen LogP contribution in [0.5, 0.6) is 0 Å². The topological polar surface area (TPSA) is 127 Å². The van der Waals surface area contributed by atoms with Gasteiger partial charge >= 0.3 is 5.97 Å². The Balaban J connectivity index is 0. The summed E-state index contributed by atoms with van der Waals surface area (Å²) >= 11 is 0. The molecule has 0 fully saturated rings. The maximum Gasteiger partial charge on any atom is 0.330 e. The van der Waals surface area contributed by atoms with E-state index >= 15 is 0 Å². The predicted octanol–water partition coefficient (Wildman–Crippen LogP) is 0.457. The molecule has 0 spiro atoms. The van der Waals surface area contributed by atoms with Crippen molar-refractivity contribution < 1.29 is 22.9 Å². The number of carboxylic acid groups (broad SMARTS) is 1. The van der Waals surface area contributed by atoms with Gasteiger partial charge in [0.25, 0.3) is 10.1 Å². The van der Waals surface area contributed by atoms with Crippen LogP contribution in [0.1, 0.15) is 13.3 Å². The molecular weight excluding hydrogens is 198 g/mol. The van der Waals surface area contributed by atoms with E-state index in [-0.39, 0.29) is 18.1 Å². The highest BCUT2D eigenvalue weighted by Crippen LogP contribution is 1.97. The van der Waals surface area contributed by atoms with Crippen LogP contribution in [0.3, 0.4) is 0 Å². The lowest BCUT2D eigenvalue weighted by atomic mass is 10.2. The van der Waals surface area contributed by atoms with Gasteiger partial charge in [0, 0.05) is 5.57 Å². The first-order chi connectivity index (χ1) is 5.33. The van der Waals surface area contributed by atoms with Crippen molar-refractivity contribution in [3.63, 3.8) is 0 Å². The van der Waals surface area contributed by atoms with Gasteiger partial charge in [0.2, 0.25) is 0 Å². The van der Waals surface area contributed by atoms with Gasteiger partial charge in [-0.25, -0.2) is 4.79 Å². The third-order valence-corrected chi connectivity index (χ3v) is 1.92. The lowest BCUT2D eigenvalue weighted by molar-refractivity contribution is -0.132. The number of hydrogen-bond donors (Lipinski definition) is 3. The summed E-state index contributed by atoms with van der Waals surface area (Å²) in [6.45, 7) is 1.35. The zero-order chi connectivity index (χ0) is 9.78. The van der Waals surface area contributed by atoms with Crippen molar-refractivity contribution in [2.24, 2.45) is 0 Å². The lowest BCUT2D eigenvalue weighted by Gasteiger charge is -1.93. The average molecular weight is 211 g/mol. The highest BCUT2D eigenvalue weighted by molar-refractivity contribution is 7.85. The molecule has 0 amide bonds. The van der Waals surface area contributed by atoms with E-state index in [4.69, 9.17) is 9.66 Å². The summed E-state index contributed by atoms with van der Waals surface area (Å²) in [7, 11) is -3.98. The Kier molecular flexibility index (Phi) is 6.38. The molecule has 0 heterocycles. The zero-order valence-electron chi connectivity index (χ0n) is 7.23. The summed E-state index contributed by atoms with van der Waals surface area (Å²) < 4.78 is 28.6. The van der Waals surface area contributed by atoms with Crippen LogP contribution in [-0.4, -0.2) is 29.8 Å². The van der Waals surface area contributed by atoms with Gasteiger partial charge in [-0.2, -0.15) is 8.42 Å². The quantitative estimate of drug-likeness (QED) is 0.458. The van der Waals surface area contributed by atoms with E-state index in [2.05, 4.69) is 0 Å². The van der Waals surface area contributed by atoms with Crippen molar-refractivity contribution >= 4 is 16.1 Å². The van der Waals surface area contributed by atoms with Gasteiger partial charge in [0.15, 0.2) is 0 Å². The van der Waals surface area contributed by atoms with Gasteiger partial charge in [-0.3, -0.25) is 4.55 Å². The Morgan fingerprint density at radius 3 is 2.23 bits per heavy atom. The van der Waals surface area contributed by atoms with Crippen LogP contribution in [0.25, 0.3) is 0 Å². The fraction of sp³-hybridized carbons (Fsp3) is 0.500. The summed E-state index contributed by atoms with van der Waals surface area (Å²) in [5.41, 5.74) is 0.0682. The number of aliphatic carboxylic acids is 1. The molecule has 78 valence electrons. The summed E-state index contributed by atoms with van der Waals surface area (Å²) in [4.78, 5) is 10.2. The van der Waals surface area contributed by atoms with Gasteiger partial charge < -0.3 is 11.3 Å². The van der Waals surface area contributed by atoms with Crippen LogP contribution < -0.4 is 6.15 Å². The van der Waals surface area contributed by atoms with Crippen molar-refractivity contribution in [1.82, 2.24) is 6.15 Å². The van der Waals surface area contributed by atoms with Crippen LogP contribution in [0.2, 0.25) is 0 Å². The first-order valence-corrected chi connectivity index (χ1v) is 4.79. The van der Waals surface area contributed by atoms with Gasteiger partial charge in [-0.15, -0.1) is 0 Å². The third-order valence-electron chi connectivity index (χ3n) is 1.16. The first-order valence-electron chi connectivity index (χ1n) is 3.18. The molecule has 0 rings (SSSR count). The second-order valence-corrected chi connectivity index (χ2v) is 3.84. The van der Waals surface area contributed by atoms with E-state index in [9.17, 15) is 13.2 Å². The fourth-order valence-corrected chi connectivity index (χ4v) is 0.927. The monoisotopic (exact) mass is 211 g/mol. The SMILES string of the molecule is C/C(=C\CCS(=O)(=O)O)C(=O)O.N. The largest absolute Gasteiger partial charge is 0.478 e. The van der Waals surface area contributed by atoms with E-state index in [1.807, 2.05) is 0 Å². The predicted molar refractivity (Wildman–Crippen MR) is 47.4 cm³/mol. The molecule has 5 N–H and O–H groups in total. The molecule has 0 aromatic heterocycles. The number of allylic oxidation sites excluding steroid dienone is 1. The Morgan fingerprint density at radius 2 is 1.92 bits per heavy atom. The molecule has 0 aliphatic rings.